The fourth-order valence-electron chi connectivity index (χ4n) is 1.42. The van der Waals surface area contributed by atoms with Crippen LogP contribution >= 0.6 is 0 Å². The molecular weight excluding hydrogens is 166 g/mol. The first-order chi connectivity index (χ1) is 6.31. The van der Waals surface area contributed by atoms with Crippen molar-refractivity contribution in [3.05, 3.63) is 11.8 Å². The van der Waals surface area contributed by atoms with E-state index in [4.69, 9.17) is 4.42 Å². The Balaban J connectivity index is 1.94. The number of nitrogens with one attached hydrogen (secondary N) is 1. The van der Waals surface area contributed by atoms with Gasteiger partial charge in [-0.15, -0.1) is 10.2 Å². The molecule has 1 saturated carbocycles. The van der Waals surface area contributed by atoms with E-state index in [1.807, 2.05) is 7.05 Å². The van der Waals surface area contributed by atoms with Crippen LogP contribution in [-0.2, 0) is 6.42 Å². The highest BCUT2D eigenvalue weighted by Gasteiger charge is 2.38. The second kappa shape index (κ2) is 3.46. The Morgan fingerprint density at radius 2 is 2.31 bits per heavy atom. The average molecular weight is 181 g/mol. The molecule has 13 heavy (non-hydrogen) atoms. The molecule has 2 rings (SSSR count). The molecule has 0 spiro atoms. The molecule has 1 aromatic heterocycles. The highest BCUT2D eigenvalue weighted by Crippen LogP contribution is 2.46. The Morgan fingerprint density at radius 3 is 2.92 bits per heavy atom. The minimum Gasteiger partial charge on any atom is -0.425 e. The molecule has 1 aliphatic rings. The van der Waals surface area contributed by atoms with Crippen molar-refractivity contribution in [1.29, 1.82) is 0 Å². The van der Waals surface area contributed by atoms with Gasteiger partial charge in [-0.3, -0.25) is 0 Å². The third kappa shape index (κ3) is 1.88. The van der Waals surface area contributed by atoms with E-state index in [-0.39, 0.29) is 0 Å². The van der Waals surface area contributed by atoms with Gasteiger partial charge >= 0.3 is 0 Å². The first-order valence-electron chi connectivity index (χ1n) is 4.78. The van der Waals surface area contributed by atoms with Gasteiger partial charge in [0.25, 0.3) is 0 Å². The van der Waals surface area contributed by atoms with Crippen LogP contribution < -0.4 is 5.32 Å². The van der Waals surface area contributed by atoms with Crippen LogP contribution in [0.3, 0.4) is 0 Å². The van der Waals surface area contributed by atoms with Crippen LogP contribution in [0, 0.1) is 5.92 Å². The van der Waals surface area contributed by atoms with Gasteiger partial charge in [0.05, 0.1) is 0 Å². The van der Waals surface area contributed by atoms with E-state index >= 15 is 0 Å². The lowest BCUT2D eigenvalue weighted by Crippen LogP contribution is -2.10. The quantitative estimate of drug-likeness (QED) is 0.751. The summed E-state index contributed by atoms with van der Waals surface area (Å²) >= 11 is 0. The van der Waals surface area contributed by atoms with E-state index in [0.29, 0.717) is 5.92 Å². The van der Waals surface area contributed by atoms with E-state index < -0.39 is 0 Å². The molecule has 2 atom stereocenters. The zero-order valence-electron chi connectivity index (χ0n) is 8.08. The Bertz CT molecular complexity index is 284. The minimum absolute atomic E-state index is 0.538. The van der Waals surface area contributed by atoms with Crippen LogP contribution in [0.4, 0.5) is 0 Å². The summed E-state index contributed by atoms with van der Waals surface area (Å²) < 4.78 is 5.52. The molecule has 0 aromatic carbocycles. The third-order valence-corrected chi connectivity index (χ3v) is 2.50. The number of rotatable bonds is 4. The van der Waals surface area contributed by atoms with Crippen molar-refractivity contribution >= 4 is 0 Å². The van der Waals surface area contributed by atoms with Crippen LogP contribution in [0.25, 0.3) is 0 Å². The smallest absolute Gasteiger partial charge is 0.219 e. The fourth-order valence-corrected chi connectivity index (χ4v) is 1.42. The Morgan fingerprint density at radius 1 is 1.54 bits per heavy atom. The number of hydrogen-bond donors (Lipinski definition) is 1. The van der Waals surface area contributed by atoms with Crippen LogP contribution in [0.2, 0.25) is 0 Å². The molecule has 1 fully saturated rings. The molecule has 72 valence electrons. The summed E-state index contributed by atoms with van der Waals surface area (Å²) in [5, 5.41) is 11.1. The first kappa shape index (κ1) is 8.69. The topological polar surface area (TPSA) is 51.0 Å². The van der Waals surface area contributed by atoms with E-state index in [1.54, 1.807) is 0 Å². The van der Waals surface area contributed by atoms with Gasteiger partial charge in [0.15, 0.2) is 0 Å². The molecule has 1 N–H and O–H groups in total. The SMILES string of the molecule is CNCCc1nnc(C2CC2C)o1. The standard InChI is InChI=1S/C9H15N3O/c1-6-5-7(6)9-12-11-8(13-9)3-4-10-2/h6-7,10H,3-5H2,1-2H3. The second-order valence-electron chi connectivity index (χ2n) is 3.71. The summed E-state index contributed by atoms with van der Waals surface area (Å²) in [5.41, 5.74) is 0. The highest BCUT2D eigenvalue weighted by molar-refractivity contribution is 5.04. The van der Waals surface area contributed by atoms with Crippen molar-refractivity contribution in [3.8, 4) is 0 Å². The predicted molar refractivity (Wildman–Crippen MR) is 48.5 cm³/mol. The number of aromatic nitrogens is 2. The summed E-state index contributed by atoms with van der Waals surface area (Å²) in [5.74, 6) is 2.86. The van der Waals surface area contributed by atoms with Crippen LogP contribution in [0.1, 0.15) is 31.0 Å². The van der Waals surface area contributed by atoms with Gasteiger partial charge in [0.1, 0.15) is 0 Å². The predicted octanol–water partition coefficient (Wildman–Crippen LogP) is 0.955. The van der Waals surface area contributed by atoms with E-state index in [0.717, 1.165) is 30.7 Å². The Kier molecular flexibility index (Phi) is 2.31. The van der Waals surface area contributed by atoms with Crippen molar-refractivity contribution in [2.75, 3.05) is 13.6 Å². The summed E-state index contributed by atoms with van der Waals surface area (Å²) in [6, 6.07) is 0. The molecule has 1 heterocycles. The molecule has 1 aromatic rings. The lowest BCUT2D eigenvalue weighted by atomic mass is 10.3. The van der Waals surface area contributed by atoms with Crippen molar-refractivity contribution in [3.63, 3.8) is 0 Å². The third-order valence-electron chi connectivity index (χ3n) is 2.50. The second-order valence-corrected chi connectivity index (χ2v) is 3.71. The number of nitrogens with zero attached hydrogens (tertiary/aromatic N) is 2. The number of likely N-dealkylation sites (N-methyl/N-ethyl adjacent to an activating group) is 1. The van der Waals surface area contributed by atoms with Gasteiger partial charge in [-0.05, 0) is 19.4 Å². The van der Waals surface area contributed by atoms with Crippen LogP contribution in [-0.4, -0.2) is 23.8 Å². The van der Waals surface area contributed by atoms with Crippen LogP contribution in [0.5, 0.6) is 0 Å². The number of hydrogen-bond acceptors (Lipinski definition) is 4. The van der Waals surface area contributed by atoms with E-state index in [1.165, 1.54) is 6.42 Å². The Labute approximate surface area is 77.7 Å². The van der Waals surface area contributed by atoms with Gasteiger partial charge in [-0.25, -0.2) is 0 Å². The molecule has 0 amide bonds. The maximum absolute atomic E-state index is 5.52. The molecule has 0 radical (unpaired) electrons. The first-order valence-corrected chi connectivity index (χ1v) is 4.78. The monoisotopic (exact) mass is 181 g/mol. The fraction of sp³-hybridized carbons (Fsp3) is 0.778. The lowest BCUT2D eigenvalue weighted by Gasteiger charge is -1.91. The van der Waals surface area contributed by atoms with Crippen molar-refractivity contribution < 1.29 is 4.42 Å². The molecule has 2 unspecified atom stereocenters. The molecule has 1 aliphatic carbocycles. The molecule has 4 nitrogen and oxygen atoms in total. The zero-order chi connectivity index (χ0) is 9.26. The van der Waals surface area contributed by atoms with Gasteiger partial charge in [-0.2, -0.15) is 0 Å². The summed E-state index contributed by atoms with van der Waals surface area (Å²) in [7, 11) is 1.92. The zero-order valence-corrected chi connectivity index (χ0v) is 8.08. The highest BCUT2D eigenvalue weighted by atomic mass is 16.4. The van der Waals surface area contributed by atoms with Crippen molar-refractivity contribution in [1.82, 2.24) is 15.5 Å². The summed E-state index contributed by atoms with van der Waals surface area (Å²) in [4.78, 5) is 0. The molecule has 0 bridgehead atoms. The normalized spacial score (nSPS) is 26.3. The van der Waals surface area contributed by atoms with Gasteiger partial charge in [-0.1, -0.05) is 6.92 Å². The van der Waals surface area contributed by atoms with Crippen molar-refractivity contribution in [2.45, 2.75) is 25.7 Å². The molecule has 4 heteroatoms. The molecule has 0 aliphatic heterocycles. The summed E-state index contributed by atoms with van der Waals surface area (Å²) in [6.07, 6.45) is 2.03. The van der Waals surface area contributed by atoms with E-state index in [2.05, 4.69) is 22.4 Å². The average Bonchev–Trinajstić information content (AvgIpc) is 2.67. The Hall–Kier alpha value is -0.900. The minimum atomic E-state index is 0.538. The largest absolute Gasteiger partial charge is 0.425 e. The van der Waals surface area contributed by atoms with Crippen LogP contribution in [0.15, 0.2) is 4.42 Å². The maximum atomic E-state index is 5.52. The van der Waals surface area contributed by atoms with E-state index in [9.17, 15) is 0 Å². The lowest BCUT2D eigenvalue weighted by molar-refractivity contribution is 0.443. The van der Waals surface area contributed by atoms with Gasteiger partial charge in [0, 0.05) is 18.9 Å². The van der Waals surface area contributed by atoms with Crippen molar-refractivity contribution in [2.24, 2.45) is 5.92 Å². The molecule has 0 saturated heterocycles. The van der Waals surface area contributed by atoms with Gasteiger partial charge < -0.3 is 9.73 Å². The molecular formula is C9H15N3O. The van der Waals surface area contributed by atoms with Gasteiger partial charge in [0.2, 0.25) is 11.8 Å². The summed E-state index contributed by atoms with van der Waals surface area (Å²) in [6.45, 7) is 3.10. The maximum Gasteiger partial charge on any atom is 0.219 e.